The molecule has 0 aliphatic heterocycles. The van der Waals surface area contributed by atoms with Gasteiger partial charge in [0.1, 0.15) is 5.01 Å². The van der Waals surface area contributed by atoms with Crippen LogP contribution in [-0.2, 0) is 4.79 Å². The summed E-state index contributed by atoms with van der Waals surface area (Å²) in [6.45, 7) is 0. The largest absolute Gasteiger partial charge is 0.325 e. The lowest BCUT2D eigenvalue weighted by atomic mass is 9.90. The van der Waals surface area contributed by atoms with Crippen LogP contribution >= 0.6 is 11.3 Å². The molecule has 5 rings (SSSR count). The smallest absolute Gasteiger partial charge is 0.236 e. The molecule has 0 radical (unpaired) electrons. The highest BCUT2D eigenvalue weighted by Crippen LogP contribution is 2.30. The third-order valence-corrected chi connectivity index (χ3v) is 6.21. The van der Waals surface area contributed by atoms with Gasteiger partial charge in [0.05, 0.1) is 17.3 Å². The van der Waals surface area contributed by atoms with Crippen LogP contribution in [-0.4, -0.2) is 15.9 Å². The van der Waals surface area contributed by atoms with E-state index in [4.69, 9.17) is 4.98 Å². The summed E-state index contributed by atoms with van der Waals surface area (Å²) in [6, 6.07) is 33.3. The van der Waals surface area contributed by atoms with Crippen LogP contribution in [0.1, 0.15) is 17.0 Å². The zero-order chi connectivity index (χ0) is 22.5. The zero-order valence-corrected chi connectivity index (χ0v) is 18.6. The molecule has 0 spiro atoms. The number of nitrogens with one attached hydrogen (secondary N) is 1. The lowest BCUT2D eigenvalue weighted by molar-refractivity contribution is -0.116. The number of aromatic nitrogens is 2. The SMILES string of the molecule is O=C(Nc1cccc(-c2csc(-c3ccccn3)n2)c1)C(c1ccccc1)c1ccccc1. The van der Waals surface area contributed by atoms with Crippen LogP contribution in [0.15, 0.2) is 115 Å². The molecule has 2 aromatic heterocycles. The van der Waals surface area contributed by atoms with Crippen molar-refractivity contribution in [2.24, 2.45) is 0 Å². The summed E-state index contributed by atoms with van der Waals surface area (Å²) in [5.41, 5.74) is 5.31. The van der Waals surface area contributed by atoms with Gasteiger partial charge in [-0.3, -0.25) is 9.78 Å². The molecule has 5 heteroatoms. The molecular weight excluding hydrogens is 426 g/mol. The van der Waals surface area contributed by atoms with Crippen LogP contribution in [0.25, 0.3) is 22.0 Å². The second-order valence-electron chi connectivity index (χ2n) is 7.58. The lowest BCUT2D eigenvalue weighted by Crippen LogP contribution is -2.22. The van der Waals surface area contributed by atoms with E-state index >= 15 is 0 Å². The van der Waals surface area contributed by atoms with Gasteiger partial charge in [-0.25, -0.2) is 4.98 Å². The number of nitrogens with zero attached hydrogens (tertiary/aromatic N) is 2. The quantitative estimate of drug-likeness (QED) is 0.317. The topological polar surface area (TPSA) is 54.9 Å². The highest BCUT2D eigenvalue weighted by molar-refractivity contribution is 7.13. The number of carbonyl (C=O) groups is 1. The fourth-order valence-electron chi connectivity index (χ4n) is 3.77. The molecule has 0 aliphatic carbocycles. The first-order valence-electron chi connectivity index (χ1n) is 10.7. The molecule has 1 amide bonds. The van der Waals surface area contributed by atoms with E-state index < -0.39 is 5.92 Å². The molecule has 0 atom stereocenters. The normalized spacial score (nSPS) is 10.8. The highest BCUT2D eigenvalue weighted by Gasteiger charge is 2.22. The summed E-state index contributed by atoms with van der Waals surface area (Å²) >= 11 is 1.56. The Hall–Kier alpha value is -4.09. The van der Waals surface area contributed by atoms with E-state index in [1.165, 1.54) is 0 Å². The summed E-state index contributed by atoms with van der Waals surface area (Å²) in [5.74, 6) is -0.469. The Morgan fingerprint density at radius 2 is 1.45 bits per heavy atom. The van der Waals surface area contributed by atoms with E-state index in [9.17, 15) is 4.79 Å². The van der Waals surface area contributed by atoms with E-state index in [1.54, 1.807) is 17.5 Å². The molecule has 0 unspecified atom stereocenters. The molecule has 1 N–H and O–H groups in total. The van der Waals surface area contributed by atoms with Gasteiger partial charge in [-0.15, -0.1) is 11.3 Å². The summed E-state index contributed by atoms with van der Waals surface area (Å²) in [4.78, 5) is 22.5. The minimum absolute atomic E-state index is 0.0722. The van der Waals surface area contributed by atoms with Gasteiger partial charge in [-0.1, -0.05) is 78.9 Å². The first-order valence-corrected chi connectivity index (χ1v) is 11.5. The Morgan fingerprint density at radius 1 is 0.758 bits per heavy atom. The third-order valence-electron chi connectivity index (χ3n) is 5.34. The summed E-state index contributed by atoms with van der Waals surface area (Å²) in [7, 11) is 0. The summed E-state index contributed by atoms with van der Waals surface area (Å²) < 4.78 is 0. The molecule has 160 valence electrons. The van der Waals surface area contributed by atoms with Crippen molar-refractivity contribution in [3.05, 3.63) is 126 Å². The van der Waals surface area contributed by atoms with Gasteiger partial charge >= 0.3 is 0 Å². The van der Waals surface area contributed by atoms with Gasteiger partial charge in [0.2, 0.25) is 5.91 Å². The standard InChI is InChI=1S/C28H21N3OS/c32-27(26(20-10-3-1-4-11-20)21-12-5-2-6-13-21)30-23-15-9-14-22(18-23)25-19-33-28(31-25)24-16-7-8-17-29-24/h1-19,26H,(H,30,32). The first-order chi connectivity index (χ1) is 16.3. The number of hydrogen-bond acceptors (Lipinski definition) is 4. The molecule has 4 nitrogen and oxygen atoms in total. The van der Waals surface area contributed by atoms with E-state index in [2.05, 4.69) is 10.3 Å². The Kier molecular flexibility index (Phi) is 6.04. The molecule has 5 aromatic rings. The van der Waals surface area contributed by atoms with Crippen molar-refractivity contribution in [1.29, 1.82) is 0 Å². The number of hydrogen-bond donors (Lipinski definition) is 1. The maximum absolute atomic E-state index is 13.4. The zero-order valence-electron chi connectivity index (χ0n) is 17.8. The molecule has 33 heavy (non-hydrogen) atoms. The lowest BCUT2D eigenvalue weighted by Gasteiger charge is -2.18. The summed E-state index contributed by atoms with van der Waals surface area (Å²) in [5, 5.41) is 6.00. The summed E-state index contributed by atoms with van der Waals surface area (Å²) in [6.07, 6.45) is 1.77. The molecular formula is C28H21N3OS. The van der Waals surface area contributed by atoms with Crippen LogP contribution in [0, 0.1) is 0 Å². The minimum Gasteiger partial charge on any atom is -0.325 e. The molecule has 0 saturated heterocycles. The van der Waals surface area contributed by atoms with Gasteiger partial charge < -0.3 is 5.32 Å². The van der Waals surface area contributed by atoms with Gasteiger partial charge in [-0.05, 0) is 35.4 Å². The number of carbonyl (C=O) groups excluding carboxylic acids is 1. The Bertz CT molecular complexity index is 1310. The van der Waals surface area contributed by atoms with Crippen LogP contribution < -0.4 is 5.32 Å². The Balaban J connectivity index is 1.41. The van der Waals surface area contributed by atoms with Crippen molar-refractivity contribution < 1.29 is 4.79 Å². The second-order valence-corrected chi connectivity index (χ2v) is 8.44. The van der Waals surface area contributed by atoms with Crippen molar-refractivity contribution in [2.75, 3.05) is 5.32 Å². The van der Waals surface area contributed by atoms with E-state index in [0.29, 0.717) is 0 Å². The highest BCUT2D eigenvalue weighted by atomic mass is 32.1. The van der Waals surface area contributed by atoms with Gasteiger partial charge in [-0.2, -0.15) is 0 Å². The van der Waals surface area contributed by atoms with E-state index in [1.807, 2.05) is 109 Å². The fraction of sp³-hybridized carbons (Fsp3) is 0.0357. The number of pyridine rings is 1. The fourth-order valence-corrected chi connectivity index (χ4v) is 4.57. The molecule has 0 saturated carbocycles. The number of anilines is 1. The van der Waals surface area contributed by atoms with Crippen LogP contribution in [0.5, 0.6) is 0 Å². The average Bonchev–Trinajstić information content (AvgIpc) is 3.37. The van der Waals surface area contributed by atoms with Crippen LogP contribution in [0.4, 0.5) is 5.69 Å². The number of rotatable bonds is 6. The van der Waals surface area contributed by atoms with Crippen molar-refractivity contribution in [3.8, 4) is 22.0 Å². The maximum Gasteiger partial charge on any atom is 0.236 e. The van der Waals surface area contributed by atoms with E-state index in [0.717, 1.165) is 38.8 Å². The second kappa shape index (κ2) is 9.59. The number of thiazole rings is 1. The third kappa shape index (κ3) is 4.73. The van der Waals surface area contributed by atoms with Crippen molar-refractivity contribution in [3.63, 3.8) is 0 Å². The van der Waals surface area contributed by atoms with Crippen molar-refractivity contribution >= 4 is 22.9 Å². The molecule has 2 heterocycles. The molecule has 0 fully saturated rings. The number of amides is 1. The predicted molar refractivity (Wildman–Crippen MR) is 134 cm³/mol. The molecule has 0 bridgehead atoms. The number of benzene rings is 3. The predicted octanol–water partition coefficient (Wildman–Crippen LogP) is 6.64. The first kappa shape index (κ1) is 20.8. The van der Waals surface area contributed by atoms with Crippen molar-refractivity contribution in [1.82, 2.24) is 9.97 Å². The van der Waals surface area contributed by atoms with Crippen LogP contribution in [0.3, 0.4) is 0 Å². The van der Waals surface area contributed by atoms with Crippen molar-refractivity contribution in [2.45, 2.75) is 5.92 Å². The Labute approximate surface area is 196 Å². The molecule has 0 aliphatic rings. The van der Waals surface area contributed by atoms with Crippen LogP contribution in [0.2, 0.25) is 0 Å². The maximum atomic E-state index is 13.4. The monoisotopic (exact) mass is 447 g/mol. The van der Waals surface area contributed by atoms with Gasteiger partial charge in [0.15, 0.2) is 0 Å². The Morgan fingerprint density at radius 3 is 2.12 bits per heavy atom. The van der Waals surface area contributed by atoms with Gasteiger partial charge in [0.25, 0.3) is 0 Å². The van der Waals surface area contributed by atoms with Gasteiger partial charge in [0, 0.05) is 22.8 Å². The van der Waals surface area contributed by atoms with E-state index in [-0.39, 0.29) is 5.91 Å². The molecule has 3 aromatic carbocycles. The average molecular weight is 448 g/mol. The minimum atomic E-state index is -0.397.